The van der Waals surface area contributed by atoms with Crippen LogP contribution < -0.4 is 0 Å². The molecule has 5 nitrogen and oxygen atoms in total. The Bertz CT molecular complexity index is 616. The predicted molar refractivity (Wildman–Crippen MR) is 81.9 cm³/mol. The molecule has 3 rings (SSSR count). The first-order valence-corrected chi connectivity index (χ1v) is 9.78. The number of fused-ring (bicyclic) bond motifs is 1. The molecule has 0 aromatic carbocycles. The van der Waals surface area contributed by atoms with E-state index in [-0.39, 0.29) is 27.6 Å². The van der Waals surface area contributed by atoms with Crippen LogP contribution in [0.2, 0.25) is 0 Å². The third-order valence-corrected chi connectivity index (χ3v) is 7.15. The highest BCUT2D eigenvalue weighted by Gasteiger charge is 2.42. The van der Waals surface area contributed by atoms with E-state index in [4.69, 9.17) is 20.8 Å². The van der Waals surface area contributed by atoms with Crippen molar-refractivity contribution >= 4 is 37.6 Å². The largest absolute Gasteiger partial charge is 0.452 e. The van der Waals surface area contributed by atoms with E-state index in [1.54, 1.807) is 4.31 Å². The highest BCUT2D eigenvalue weighted by Crippen LogP contribution is 2.35. The second-order valence-electron chi connectivity index (χ2n) is 5.36. The van der Waals surface area contributed by atoms with Gasteiger partial charge in [-0.15, -0.1) is 11.6 Å². The van der Waals surface area contributed by atoms with Crippen molar-refractivity contribution in [2.24, 2.45) is 0 Å². The van der Waals surface area contributed by atoms with Crippen LogP contribution in [0.25, 0.3) is 0 Å². The first kappa shape index (κ1) is 15.8. The van der Waals surface area contributed by atoms with Crippen molar-refractivity contribution < 1.29 is 17.6 Å². The van der Waals surface area contributed by atoms with Crippen LogP contribution in [-0.4, -0.2) is 38.0 Å². The zero-order valence-corrected chi connectivity index (χ0v) is 14.6. The summed E-state index contributed by atoms with van der Waals surface area (Å²) in [7, 11) is -3.60. The third kappa shape index (κ3) is 2.91. The van der Waals surface area contributed by atoms with Crippen LogP contribution in [0.1, 0.15) is 31.4 Å². The molecule has 1 aromatic rings. The molecule has 0 spiro atoms. The minimum atomic E-state index is -3.60. The Kier molecular flexibility index (Phi) is 4.66. The molecule has 0 bridgehead atoms. The number of sulfonamides is 1. The average Bonchev–Trinajstić information content (AvgIpc) is 2.88. The lowest BCUT2D eigenvalue weighted by molar-refractivity contribution is -0.0586. The quantitative estimate of drug-likeness (QED) is 0.734. The van der Waals surface area contributed by atoms with Crippen LogP contribution in [0.15, 0.2) is 20.0 Å². The van der Waals surface area contributed by atoms with E-state index < -0.39 is 10.0 Å². The lowest BCUT2D eigenvalue weighted by Gasteiger charge is -2.42. The van der Waals surface area contributed by atoms with Crippen LogP contribution in [-0.2, 0) is 20.6 Å². The molecule has 1 aliphatic heterocycles. The van der Waals surface area contributed by atoms with Gasteiger partial charge in [0, 0.05) is 12.6 Å². The molecule has 1 saturated heterocycles. The van der Waals surface area contributed by atoms with Gasteiger partial charge in [0.2, 0.25) is 10.0 Å². The van der Waals surface area contributed by atoms with Gasteiger partial charge >= 0.3 is 0 Å². The van der Waals surface area contributed by atoms with Gasteiger partial charge < -0.3 is 9.15 Å². The standard InChI is InChI=1S/C13H17BrClNO4S/c14-13-12(7-9(8-15)20-13)21(17,18)16-5-6-19-11-4-2-1-3-10(11)16/h7,10-11H,1-6,8H2. The van der Waals surface area contributed by atoms with Gasteiger partial charge in [-0.1, -0.05) is 12.8 Å². The van der Waals surface area contributed by atoms with Crippen LogP contribution in [0.4, 0.5) is 0 Å². The van der Waals surface area contributed by atoms with Crippen molar-refractivity contribution in [3.63, 3.8) is 0 Å². The van der Waals surface area contributed by atoms with Gasteiger partial charge in [0.15, 0.2) is 4.67 Å². The van der Waals surface area contributed by atoms with Crippen molar-refractivity contribution in [3.8, 4) is 0 Å². The van der Waals surface area contributed by atoms with Crippen LogP contribution in [0.3, 0.4) is 0 Å². The fourth-order valence-electron chi connectivity index (χ4n) is 3.13. The molecule has 2 unspecified atom stereocenters. The normalized spacial score (nSPS) is 27.5. The topological polar surface area (TPSA) is 59.8 Å². The van der Waals surface area contributed by atoms with Crippen LogP contribution in [0, 0.1) is 0 Å². The monoisotopic (exact) mass is 397 g/mol. The van der Waals surface area contributed by atoms with Gasteiger partial charge in [0.05, 0.1) is 24.6 Å². The Morgan fingerprint density at radius 1 is 1.38 bits per heavy atom. The molecule has 1 aliphatic carbocycles. The van der Waals surface area contributed by atoms with Crippen LogP contribution in [0.5, 0.6) is 0 Å². The summed E-state index contributed by atoms with van der Waals surface area (Å²) in [6.45, 7) is 0.829. The number of furan rings is 1. The molecule has 8 heteroatoms. The summed E-state index contributed by atoms with van der Waals surface area (Å²) in [6.07, 6.45) is 3.93. The van der Waals surface area contributed by atoms with Crippen molar-refractivity contribution in [1.29, 1.82) is 0 Å². The van der Waals surface area contributed by atoms with E-state index in [0.717, 1.165) is 25.7 Å². The molecule has 2 heterocycles. The summed E-state index contributed by atoms with van der Waals surface area (Å²) in [5.41, 5.74) is 0. The number of nitrogens with zero attached hydrogens (tertiary/aromatic N) is 1. The molecule has 0 radical (unpaired) electrons. The SMILES string of the molecule is O=S(=O)(c1cc(CCl)oc1Br)N1CCOC2CCCCC21. The molecule has 0 amide bonds. The lowest BCUT2D eigenvalue weighted by atomic mass is 9.91. The average molecular weight is 399 g/mol. The Morgan fingerprint density at radius 3 is 2.86 bits per heavy atom. The molecular weight excluding hydrogens is 382 g/mol. The number of morpholine rings is 1. The number of hydrogen-bond donors (Lipinski definition) is 0. The van der Waals surface area contributed by atoms with Crippen LogP contribution >= 0.6 is 27.5 Å². The molecule has 1 aromatic heterocycles. The van der Waals surface area contributed by atoms with E-state index in [1.807, 2.05) is 0 Å². The molecule has 0 N–H and O–H groups in total. The summed E-state index contributed by atoms with van der Waals surface area (Å²) in [5, 5.41) is 0. The van der Waals surface area contributed by atoms with Crippen molar-refractivity contribution in [2.75, 3.05) is 13.2 Å². The molecule has 21 heavy (non-hydrogen) atoms. The van der Waals surface area contributed by atoms with Gasteiger partial charge in [0.1, 0.15) is 10.7 Å². The highest BCUT2D eigenvalue weighted by atomic mass is 79.9. The van der Waals surface area contributed by atoms with E-state index in [0.29, 0.717) is 18.9 Å². The Morgan fingerprint density at radius 2 is 2.14 bits per heavy atom. The minimum absolute atomic E-state index is 0.0143. The number of rotatable bonds is 3. The number of hydrogen-bond acceptors (Lipinski definition) is 4. The van der Waals surface area contributed by atoms with Gasteiger partial charge in [-0.05, 0) is 28.8 Å². The molecule has 118 valence electrons. The highest BCUT2D eigenvalue weighted by molar-refractivity contribution is 9.10. The Hall–Kier alpha value is -0.0800. The van der Waals surface area contributed by atoms with Gasteiger partial charge in [0.25, 0.3) is 0 Å². The summed E-state index contributed by atoms with van der Waals surface area (Å²) >= 11 is 8.90. The van der Waals surface area contributed by atoms with Crippen molar-refractivity contribution in [2.45, 2.75) is 48.6 Å². The first-order chi connectivity index (χ1) is 10.0. The third-order valence-electron chi connectivity index (χ3n) is 4.11. The van der Waals surface area contributed by atoms with E-state index in [2.05, 4.69) is 15.9 Å². The summed E-state index contributed by atoms with van der Waals surface area (Å²) < 4.78 is 38.7. The first-order valence-electron chi connectivity index (χ1n) is 7.01. The predicted octanol–water partition coefficient (Wildman–Crippen LogP) is 3.11. The number of alkyl halides is 1. The van der Waals surface area contributed by atoms with Gasteiger partial charge in [-0.2, -0.15) is 4.31 Å². The lowest BCUT2D eigenvalue weighted by Crippen LogP contribution is -2.54. The molecule has 2 fully saturated rings. The molecular formula is C13H17BrClNO4S. The minimum Gasteiger partial charge on any atom is -0.452 e. The number of ether oxygens (including phenoxy) is 1. The van der Waals surface area contributed by atoms with E-state index in [9.17, 15) is 8.42 Å². The van der Waals surface area contributed by atoms with Gasteiger partial charge in [-0.3, -0.25) is 0 Å². The maximum atomic E-state index is 12.9. The smallest absolute Gasteiger partial charge is 0.247 e. The maximum absolute atomic E-state index is 12.9. The summed E-state index contributed by atoms with van der Waals surface area (Å²) in [4.78, 5) is 0.157. The molecule has 2 aliphatic rings. The Balaban J connectivity index is 1.94. The van der Waals surface area contributed by atoms with E-state index >= 15 is 0 Å². The maximum Gasteiger partial charge on any atom is 0.247 e. The molecule has 2 atom stereocenters. The van der Waals surface area contributed by atoms with Crippen molar-refractivity contribution in [1.82, 2.24) is 4.31 Å². The van der Waals surface area contributed by atoms with E-state index in [1.165, 1.54) is 6.07 Å². The van der Waals surface area contributed by atoms with Crippen molar-refractivity contribution in [3.05, 3.63) is 16.5 Å². The van der Waals surface area contributed by atoms with Gasteiger partial charge in [-0.25, -0.2) is 8.42 Å². The fraction of sp³-hybridized carbons (Fsp3) is 0.692. The fourth-order valence-corrected chi connectivity index (χ4v) is 5.88. The zero-order chi connectivity index (χ0) is 15.0. The second kappa shape index (κ2) is 6.20. The molecule has 1 saturated carbocycles. The number of halogens is 2. The Labute approximate surface area is 137 Å². The summed E-state index contributed by atoms with van der Waals surface area (Å²) in [6, 6.07) is 1.43. The summed E-state index contributed by atoms with van der Waals surface area (Å²) in [5.74, 6) is 0.582. The zero-order valence-electron chi connectivity index (χ0n) is 11.4. The second-order valence-corrected chi connectivity index (χ2v) is 8.21.